The van der Waals surface area contributed by atoms with Crippen molar-refractivity contribution in [1.82, 2.24) is 4.98 Å². The monoisotopic (exact) mass is 177 g/mol. The van der Waals surface area contributed by atoms with Gasteiger partial charge in [-0.15, -0.1) is 0 Å². The maximum atomic E-state index is 4.41. The van der Waals surface area contributed by atoms with Gasteiger partial charge in [0.2, 0.25) is 0 Å². The molecule has 1 aromatic rings. The van der Waals surface area contributed by atoms with Crippen molar-refractivity contribution in [2.75, 3.05) is 0 Å². The Morgan fingerprint density at radius 2 is 1.62 bits per heavy atom. The molecule has 0 atom stereocenters. The lowest BCUT2D eigenvalue weighted by atomic mass is 9.82. The van der Waals surface area contributed by atoms with Crippen molar-refractivity contribution < 1.29 is 0 Å². The van der Waals surface area contributed by atoms with Gasteiger partial charge in [0.15, 0.2) is 0 Å². The van der Waals surface area contributed by atoms with Crippen LogP contribution < -0.4 is 0 Å². The van der Waals surface area contributed by atoms with Crippen molar-refractivity contribution in [2.45, 2.75) is 47.0 Å². The number of nitrogens with zero attached hydrogens (tertiary/aromatic N) is 1. The Labute approximate surface area is 81.2 Å². The summed E-state index contributed by atoms with van der Waals surface area (Å²) in [4.78, 5) is 4.41. The molecule has 72 valence electrons. The summed E-state index contributed by atoms with van der Waals surface area (Å²) >= 11 is 0. The number of hydrogen-bond donors (Lipinski definition) is 0. The van der Waals surface area contributed by atoms with E-state index in [0.717, 1.165) is 5.69 Å². The zero-order valence-electron chi connectivity index (χ0n) is 9.52. The Morgan fingerprint density at radius 1 is 1.08 bits per heavy atom. The number of aryl methyl sites for hydroxylation is 2. The van der Waals surface area contributed by atoms with E-state index < -0.39 is 0 Å². The first-order valence-corrected chi connectivity index (χ1v) is 4.77. The van der Waals surface area contributed by atoms with Crippen LogP contribution in [0, 0.1) is 20.8 Å². The van der Waals surface area contributed by atoms with Crippen molar-refractivity contribution in [3.63, 3.8) is 0 Å². The van der Waals surface area contributed by atoms with Crippen LogP contribution in [0.5, 0.6) is 0 Å². The molecule has 0 aliphatic rings. The second-order valence-corrected chi connectivity index (χ2v) is 4.78. The number of pyridine rings is 1. The molecule has 0 aliphatic heterocycles. The van der Waals surface area contributed by atoms with E-state index in [-0.39, 0.29) is 5.41 Å². The molecule has 0 spiro atoms. The van der Waals surface area contributed by atoms with Gasteiger partial charge in [-0.05, 0) is 42.9 Å². The fourth-order valence-electron chi connectivity index (χ4n) is 1.93. The molecule has 0 fully saturated rings. The Bertz CT molecular complexity index is 319. The third-order valence-corrected chi connectivity index (χ3v) is 2.53. The first-order valence-electron chi connectivity index (χ1n) is 4.77. The van der Waals surface area contributed by atoms with Gasteiger partial charge in [0.25, 0.3) is 0 Å². The van der Waals surface area contributed by atoms with Crippen LogP contribution in [0.25, 0.3) is 0 Å². The van der Waals surface area contributed by atoms with Crippen molar-refractivity contribution in [2.24, 2.45) is 0 Å². The molecule has 1 nitrogen and oxygen atoms in total. The fourth-order valence-corrected chi connectivity index (χ4v) is 1.93. The normalized spacial score (nSPS) is 11.8. The summed E-state index contributed by atoms with van der Waals surface area (Å²) in [5, 5.41) is 0. The summed E-state index contributed by atoms with van der Waals surface area (Å²) in [5.41, 5.74) is 5.44. The summed E-state index contributed by atoms with van der Waals surface area (Å²) in [7, 11) is 0. The van der Waals surface area contributed by atoms with Crippen molar-refractivity contribution in [3.8, 4) is 0 Å². The van der Waals surface area contributed by atoms with Gasteiger partial charge in [-0.1, -0.05) is 20.8 Å². The van der Waals surface area contributed by atoms with Crippen LogP contribution in [0.4, 0.5) is 0 Å². The second kappa shape index (κ2) is 3.13. The zero-order chi connectivity index (χ0) is 10.2. The second-order valence-electron chi connectivity index (χ2n) is 4.78. The Kier molecular flexibility index (Phi) is 2.47. The van der Waals surface area contributed by atoms with E-state index in [0.29, 0.717) is 0 Å². The van der Waals surface area contributed by atoms with Gasteiger partial charge in [0.05, 0.1) is 0 Å². The minimum absolute atomic E-state index is 0.202. The van der Waals surface area contributed by atoms with E-state index in [1.54, 1.807) is 0 Å². The van der Waals surface area contributed by atoms with Gasteiger partial charge < -0.3 is 0 Å². The molecule has 0 bridgehead atoms. The van der Waals surface area contributed by atoms with Crippen LogP contribution in [0.1, 0.15) is 43.2 Å². The highest BCUT2D eigenvalue weighted by atomic mass is 14.7. The van der Waals surface area contributed by atoms with E-state index in [9.17, 15) is 0 Å². The van der Waals surface area contributed by atoms with Crippen LogP contribution in [0.15, 0.2) is 6.20 Å². The standard InChI is InChI=1S/C12H19N/c1-8-7-13-10(3)11(9(8)2)12(4,5)6/h7H,1-6H3. The largest absolute Gasteiger partial charge is 0.261 e. The van der Waals surface area contributed by atoms with Gasteiger partial charge in [-0.3, -0.25) is 4.98 Å². The lowest BCUT2D eigenvalue weighted by Gasteiger charge is -2.24. The van der Waals surface area contributed by atoms with Crippen molar-refractivity contribution in [3.05, 3.63) is 28.6 Å². The SMILES string of the molecule is Cc1cnc(C)c(C(C)(C)C)c1C. The molecule has 0 unspecified atom stereocenters. The van der Waals surface area contributed by atoms with Crippen LogP contribution in [0.2, 0.25) is 0 Å². The van der Waals surface area contributed by atoms with E-state index in [2.05, 4.69) is 46.5 Å². The lowest BCUT2D eigenvalue weighted by Crippen LogP contribution is -2.16. The molecule has 1 rings (SSSR count). The Balaban J connectivity index is 3.43. The third-order valence-electron chi connectivity index (χ3n) is 2.53. The maximum Gasteiger partial charge on any atom is 0.0412 e. The van der Waals surface area contributed by atoms with E-state index in [1.807, 2.05) is 6.20 Å². The highest BCUT2D eigenvalue weighted by molar-refractivity contribution is 5.38. The molecule has 0 saturated carbocycles. The van der Waals surface area contributed by atoms with Crippen LogP contribution in [-0.4, -0.2) is 4.98 Å². The zero-order valence-corrected chi connectivity index (χ0v) is 9.52. The maximum absolute atomic E-state index is 4.41. The molecule has 0 amide bonds. The average Bonchev–Trinajstić information content (AvgIpc) is 1.95. The predicted octanol–water partition coefficient (Wildman–Crippen LogP) is 3.30. The van der Waals surface area contributed by atoms with Gasteiger partial charge >= 0.3 is 0 Å². The molecule has 1 heterocycles. The first-order chi connectivity index (χ1) is 5.84. The lowest BCUT2D eigenvalue weighted by molar-refractivity contribution is 0.577. The van der Waals surface area contributed by atoms with Gasteiger partial charge in [0.1, 0.15) is 0 Å². The van der Waals surface area contributed by atoms with Gasteiger partial charge in [-0.25, -0.2) is 0 Å². The van der Waals surface area contributed by atoms with Crippen LogP contribution in [-0.2, 0) is 5.41 Å². The van der Waals surface area contributed by atoms with Crippen LogP contribution in [0.3, 0.4) is 0 Å². The van der Waals surface area contributed by atoms with Crippen LogP contribution >= 0.6 is 0 Å². The number of rotatable bonds is 0. The molecular formula is C12H19N. The third kappa shape index (κ3) is 1.90. The Hall–Kier alpha value is -0.850. The van der Waals surface area contributed by atoms with E-state index >= 15 is 0 Å². The predicted molar refractivity (Wildman–Crippen MR) is 57.1 cm³/mol. The Morgan fingerprint density at radius 3 is 2.00 bits per heavy atom. The molecule has 0 aliphatic carbocycles. The van der Waals surface area contributed by atoms with Gasteiger partial charge in [0, 0.05) is 11.9 Å². The molecule has 0 N–H and O–H groups in total. The summed E-state index contributed by atoms with van der Waals surface area (Å²) in [6.45, 7) is 13.1. The van der Waals surface area contributed by atoms with E-state index in [1.165, 1.54) is 16.7 Å². The molecular weight excluding hydrogens is 158 g/mol. The molecule has 1 heteroatoms. The molecule has 13 heavy (non-hydrogen) atoms. The van der Waals surface area contributed by atoms with Crippen molar-refractivity contribution >= 4 is 0 Å². The van der Waals surface area contributed by atoms with E-state index in [4.69, 9.17) is 0 Å². The summed E-state index contributed by atoms with van der Waals surface area (Å²) < 4.78 is 0. The minimum atomic E-state index is 0.202. The topological polar surface area (TPSA) is 12.9 Å². The number of hydrogen-bond acceptors (Lipinski definition) is 1. The molecule has 1 aromatic heterocycles. The highest BCUT2D eigenvalue weighted by Gasteiger charge is 2.20. The smallest absolute Gasteiger partial charge is 0.0412 e. The first kappa shape index (κ1) is 10.2. The van der Waals surface area contributed by atoms with Crippen molar-refractivity contribution in [1.29, 1.82) is 0 Å². The summed E-state index contributed by atoms with van der Waals surface area (Å²) in [6.07, 6.45) is 1.96. The summed E-state index contributed by atoms with van der Waals surface area (Å²) in [6, 6.07) is 0. The molecule has 0 saturated heterocycles. The van der Waals surface area contributed by atoms with Gasteiger partial charge in [-0.2, -0.15) is 0 Å². The highest BCUT2D eigenvalue weighted by Crippen LogP contribution is 2.28. The quantitative estimate of drug-likeness (QED) is 0.592. The molecule has 0 aromatic carbocycles. The fraction of sp³-hybridized carbons (Fsp3) is 0.583. The number of aromatic nitrogens is 1. The average molecular weight is 177 g/mol. The minimum Gasteiger partial charge on any atom is -0.261 e. The molecule has 0 radical (unpaired) electrons. The summed E-state index contributed by atoms with van der Waals surface area (Å²) in [5.74, 6) is 0.